The van der Waals surface area contributed by atoms with Crippen molar-refractivity contribution < 1.29 is 5.21 Å². The van der Waals surface area contributed by atoms with Gasteiger partial charge in [0.2, 0.25) is 0 Å². The molecule has 0 amide bonds. The van der Waals surface area contributed by atoms with E-state index >= 15 is 0 Å². The summed E-state index contributed by atoms with van der Waals surface area (Å²) in [7, 11) is 0. The van der Waals surface area contributed by atoms with Crippen molar-refractivity contribution in [2.75, 3.05) is 0 Å². The van der Waals surface area contributed by atoms with E-state index in [1.165, 1.54) is 0 Å². The Hall–Kier alpha value is -0.280. The van der Waals surface area contributed by atoms with Gasteiger partial charge in [0.15, 0.2) is 0 Å². The van der Waals surface area contributed by atoms with Gasteiger partial charge in [0.05, 0.1) is 0 Å². The van der Waals surface area contributed by atoms with E-state index in [4.69, 9.17) is 16.8 Å². The first-order valence-corrected chi connectivity index (χ1v) is 3.32. The van der Waals surface area contributed by atoms with Crippen LogP contribution in [0.4, 0.5) is 0 Å². The predicted molar refractivity (Wildman–Crippen MR) is 47.3 cm³/mol. The molecule has 2 N–H and O–H groups in total. The summed E-state index contributed by atoms with van der Waals surface area (Å²) in [5.74, 6) is 0. The lowest BCUT2D eigenvalue weighted by molar-refractivity contribution is 0.161. The van der Waals surface area contributed by atoms with Crippen molar-refractivity contribution in [3.63, 3.8) is 0 Å². The molecule has 0 aliphatic carbocycles. The Bertz CT molecular complexity index is 217. The first-order valence-electron chi connectivity index (χ1n) is 2.94. The average molecular weight is 194 g/mol. The molecule has 0 aromatic heterocycles. The van der Waals surface area contributed by atoms with E-state index in [1.807, 2.05) is 12.1 Å². The molecule has 0 saturated heterocycles. The van der Waals surface area contributed by atoms with Gasteiger partial charge < -0.3 is 5.21 Å². The Morgan fingerprint density at radius 3 is 2.73 bits per heavy atom. The number of halogens is 2. The molecule has 0 atom stereocenters. The predicted octanol–water partition coefficient (Wildman–Crippen LogP) is 2.24. The largest absolute Gasteiger partial charge is 0.316 e. The normalized spacial score (nSPS) is 8.91. The third-order valence-corrected chi connectivity index (χ3v) is 1.41. The Morgan fingerprint density at radius 1 is 1.45 bits per heavy atom. The molecule has 0 bridgehead atoms. The highest BCUT2D eigenvalue weighted by atomic mass is 35.5. The zero-order valence-electron chi connectivity index (χ0n) is 5.75. The van der Waals surface area contributed by atoms with E-state index < -0.39 is 0 Å². The number of hydroxylamine groups is 1. The van der Waals surface area contributed by atoms with Crippen LogP contribution in [0.3, 0.4) is 0 Å². The summed E-state index contributed by atoms with van der Waals surface area (Å²) < 4.78 is 0. The number of hydrogen-bond donors (Lipinski definition) is 2. The summed E-state index contributed by atoms with van der Waals surface area (Å²) in [4.78, 5) is 0. The molecule has 1 rings (SSSR count). The molecule has 0 unspecified atom stereocenters. The number of rotatable bonds is 2. The highest BCUT2D eigenvalue weighted by Gasteiger charge is 1.90. The molecular weight excluding hydrogens is 185 g/mol. The van der Waals surface area contributed by atoms with Gasteiger partial charge in [-0.2, -0.15) is 0 Å². The van der Waals surface area contributed by atoms with Crippen molar-refractivity contribution in [2.45, 2.75) is 6.54 Å². The van der Waals surface area contributed by atoms with Gasteiger partial charge >= 0.3 is 0 Å². The summed E-state index contributed by atoms with van der Waals surface area (Å²) in [6.07, 6.45) is 0. The Morgan fingerprint density at radius 2 is 2.18 bits per heavy atom. The number of hydrogen-bond acceptors (Lipinski definition) is 2. The van der Waals surface area contributed by atoms with Gasteiger partial charge in [-0.15, -0.1) is 12.4 Å². The van der Waals surface area contributed by atoms with Crippen LogP contribution in [-0.4, -0.2) is 5.21 Å². The minimum Gasteiger partial charge on any atom is -0.316 e. The smallest absolute Gasteiger partial charge is 0.0458 e. The maximum absolute atomic E-state index is 8.32. The van der Waals surface area contributed by atoms with E-state index in [2.05, 4.69) is 5.48 Å². The number of benzene rings is 1. The molecule has 0 spiro atoms. The Kier molecular flexibility index (Phi) is 5.24. The summed E-state index contributed by atoms with van der Waals surface area (Å²) in [6, 6.07) is 7.32. The summed E-state index contributed by atoms with van der Waals surface area (Å²) in [6.45, 7) is 0.431. The fraction of sp³-hybridized carbons (Fsp3) is 0.143. The molecule has 11 heavy (non-hydrogen) atoms. The van der Waals surface area contributed by atoms with E-state index in [-0.39, 0.29) is 12.4 Å². The van der Waals surface area contributed by atoms with Crippen LogP contribution in [0.1, 0.15) is 5.56 Å². The van der Waals surface area contributed by atoms with Crippen LogP contribution in [0.2, 0.25) is 5.02 Å². The molecule has 2 nitrogen and oxygen atoms in total. The summed E-state index contributed by atoms with van der Waals surface area (Å²) in [5.41, 5.74) is 3.02. The van der Waals surface area contributed by atoms with Crippen molar-refractivity contribution in [3.8, 4) is 0 Å². The second kappa shape index (κ2) is 5.38. The minimum atomic E-state index is 0. The molecule has 62 valence electrons. The SMILES string of the molecule is Cl.ONCc1cccc(Cl)c1. The lowest BCUT2D eigenvalue weighted by atomic mass is 10.2. The Balaban J connectivity index is 0.000001000. The second-order valence-corrected chi connectivity index (χ2v) is 2.40. The summed E-state index contributed by atoms with van der Waals surface area (Å²) in [5, 5.41) is 9.01. The lowest BCUT2D eigenvalue weighted by Crippen LogP contribution is -2.05. The van der Waals surface area contributed by atoms with Crippen LogP contribution in [0.25, 0.3) is 0 Å². The standard InChI is InChI=1S/C7H8ClNO.ClH/c8-7-3-1-2-6(4-7)5-9-10;/h1-4,9-10H,5H2;1H. The molecule has 0 aliphatic rings. The van der Waals surface area contributed by atoms with Crippen LogP contribution in [-0.2, 0) is 6.54 Å². The van der Waals surface area contributed by atoms with Crippen LogP contribution >= 0.6 is 24.0 Å². The van der Waals surface area contributed by atoms with Crippen LogP contribution in [0.15, 0.2) is 24.3 Å². The third-order valence-electron chi connectivity index (χ3n) is 1.17. The van der Waals surface area contributed by atoms with Gasteiger partial charge in [-0.05, 0) is 17.7 Å². The highest BCUT2D eigenvalue weighted by molar-refractivity contribution is 6.30. The molecule has 0 fully saturated rings. The van der Waals surface area contributed by atoms with Gasteiger partial charge in [0.1, 0.15) is 0 Å². The van der Waals surface area contributed by atoms with Crippen molar-refractivity contribution >= 4 is 24.0 Å². The maximum Gasteiger partial charge on any atom is 0.0458 e. The van der Waals surface area contributed by atoms with E-state index in [0.29, 0.717) is 11.6 Å². The quantitative estimate of drug-likeness (QED) is 0.707. The van der Waals surface area contributed by atoms with Gasteiger partial charge in [-0.3, -0.25) is 0 Å². The first-order chi connectivity index (χ1) is 4.83. The van der Waals surface area contributed by atoms with Crippen molar-refractivity contribution in [2.24, 2.45) is 0 Å². The molecule has 0 aliphatic heterocycles. The first kappa shape index (κ1) is 10.7. The molecule has 4 heteroatoms. The lowest BCUT2D eigenvalue weighted by Gasteiger charge is -1.97. The maximum atomic E-state index is 8.32. The van der Waals surface area contributed by atoms with Crippen LogP contribution in [0, 0.1) is 0 Å². The van der Waals surface area contributed by atoms with Crippen LogP contribution in [0.5, 0.6) is 0 Å². The Labute approximate surface area is 76.6 Å². The van der Waals surface area contributed by atoms with Crippen LogP contribution < -0.4 is 5.48 Å². The van der Waals surface area contributed by atoms with Crippen molar-refractivity contribution in [1.29, 1.82) is 0 Å². The van der Waals surface area contributed by atoms with Gasteiger partial charge in [-0.25, -0.2) is 5.48 Å². The molecule has 0 radical (unpaired) electrons. The molecule has 0 heterocycles. The van der Waals surface area contributed by atoms with E-state index in [1.54, 1.807) is 12.1 Å². The highest BCUT2D eigenvalue weighted by Crippen LogP contribution is 2.09. The molecular formula is C7H9Cl2NO. The van der Waals surface area contributed by atoms with Gasteiger partial charge in [0.25, 0.3) is 0 Å². The topological polar surface area (TPSA) is 32.3 Å². The molecule has 1 aromatic carbocycles. The monoisotopic (exact) mass is 193 g/mol. The van der Waals surface area contributed by atoms with Crippen molar-refractivity contribution in [1.82, 2.24) is 5.48 Å². The van der Waals surface area contributed by atoms with Gasteiger partial charge in [0, 0.05) is 11.6 Å². The number of nitrogens with one attached hydrogen (secondary N) is 1. The van der Waals surface area contributed by atoms with Gasteiger partial charge in [-0.1, -0.05) is 23.7 Å². The fourth-order valence-electron chi connectivity index (χ4n) is 0.738. The molecule has 0 saturated carbocycles. The summed E-state index contributed by atoms with van der Waals surface area (Å²) >= 11 is 5.67. The second-order valence-electron chi connectivity index (χ2n) is 1.96. The zero-order valence-corrected chi connectivity index (χ0v) is 7.32. The average Bonchev–Trinajstić information content (AvgIpc) is 1.88. The van der Waals surface area contributed by atoms with E-state index in [9.17, 15) is 0 Å². The van der Waals surface area contributed by atoms with Crippen molar-refractivity contribution in [3.05, 3.63) is 34.9 Å². The fourth-order valence-corrected chi connectivity index (χ4v) is 0.951. The van der Waals surface area contributed by atoms with E-state index in [0.717, 1.165) is 5.56 Å². The molecule has 1 aromatic rings. The zero-order chi connectivity index (χ0) is 7.40. The third kappa shape index (κ3) is 3.58. The minimum absolute atomic E-state index is 0.